The average molecular weight is 478 g/mol. The van der Waals surface area contributed by atoms with E-state index in [4.69, 9.17) is 9.97 Å². The van der Waals surface area contributed by atoms with Gasteiger partial charge in [-0.25, -0.2) is 14.4 Å². The molecule has 5 nitrogen and oxygen atoms in total. The normalized spacial score (nSPS) is 13.3. The maximum Gasteiger partial charge on any atom is 0.223 e. The van der Waals surface area contributed by atoms with Crippen molar-refractivity contribution in [3.05, 3.63) is 90.5 Å². The fourth-order valence-corrected chi connectivity index (χ4v) is 6.17. The van der Waals surface area contributed by atoms with Crippen LogP contribution in [-0.4, -0.2) is 23.2 Å². The molecule has 0 bridgehead atoms. The van der Waals surface area contributed by atoms with E-state index >= 15 is 0 Å². The maximum atomic E-state index is 5.20. The number of hydrogen-bond donors (Lipinski definition) is 0. The zero-order chi connectivity index (χ0) is 24.6. The van der Waals surface area contributed by atoms with Crippen LogP contribution in [0.5, 0.6) is 0 Å². The van der Waals surface area contributed by atoms with Gasteiger partial charge in [-0.2, -0.15) is 0 Å². The Kier molecular flexibility index (Phi) is 3.27. The van der Waals surface area contributed by atoms with E-state index in [2.05, 4.69) is 119 Å². The molecule has 0 atom stereocenters. The van der Waals surface area contributed by atoms with Crippen LogP contribution in [0.3, 0.4) is 0 Å². The molecule has 37 heavy (non-hydrogen) atoms. The van der Waals surface area contributed by atoms with E-state index in [-0.39, 0.29) is 5.41 Å². The minimum atomic E-state index is -0.00592. The first-order valence-corrected chi connectivity index (χ1v) is 12.8. The second kappa shape index (κ2) is 6.19. The molecule has 0 radical (unpaired) electrons. The van der Waals surface area contributed by atoms with Gasteiger partial charge in [-0.15, -0.1) is 0 Å². The Morgan fingerprint density at radius 2 is 0.946 bits per heavy atom. The van der Waals surface area contributed by atoms with Gasteiger partial charge in [0.25, 0.3) is 0 Å². The van der Waals surface area contributed by atoms with Crippen molar-refractivity contribution < 1.29 is 0 Å². The topological polar surface area (TPSA) is 39.0 Å². The average Bonchev–Trinajstić information content (AvgIpc) is 3.59. The number of hydrogen-bond acceptors (Lipinski definition) is 2. The summed E-state index contributed by atoms with van der Waals surface area (Å²) in [7, 11) is 0. The van der Waals surface area contributed by atoms with Crippen molar-refractivity contribution >= 4 is 71.7 Å². The van der Waals surface area contributed by atoms with E-state index in [1.807, 2.05) is 0 Å². The van der Waals surface area contributed by atoms with Crippen LogP contribution in [0.4, 0.5) is 0 Å². The molecule has 0 N–H and O–H groups in total. The monoisotopic (exact) mass is 477 g/mol. The van der Waals surface area contributed by atoms with Gasteiger partial charge in [0.2, 0.25) is 11.6 Å². The second-order valence-corrected chi connectivity index (χ2v) is 11.3. The summed E-state index contributed by atoms with van der Waals surface area (Å²) in [6.07, 6.45) is 0. The van der Waals surface area contributed by atoms with Gasteiger partial charge >= 0.3 is 0 Å². The van der Waals surface area contributed by atoms with Crippen molar-refractivity contribution in [2.75, 3.05) is 0 Å². The molecule has 0 spiro atoms. The zero-order valence-corrected chi connectivity index (χ0v) is 20.8. The predicted molar refractivity (Wildman–Crippen MR) is 152 cm³/mol. The fourth-order valence-electron chi connectivity index (χ4n) is 6.17. The number of nitrogens with zero attached hydrogens (tertiary/aromatic N) is 5. The van der Waals surface area contributed by atoms with Gasteiger partial charge in [-0.05, 0) is 68.9 Å². The standard InChI is InChI=1S/C32H23N5/c1-32(2,3)22-16-27-29-28(17-22)36-26-15-21-11-7-5-9-19(21)13-24(26)34-31(36)37(29)30-33-23-12-18-8-4-6-10-20(18)14-25(23)35(27)30/h4-17H,1-3H3. The van der Waals surface area contributed by atoms with Crippen LogP contribution >= 0.6 is 0 Å². The Bertz CT molecular complexity index is 2230. The molecule has 0 amide bonds. The quantitative estimate of drug-likeness (QED) is 0.224. The highest BCUT2D eigenvalue weighted by molar-refractivity contribution is 6.07. The van der Waals surface area contributed by atoms with E-state index in [1.54, 1.807) is 0 Å². The SMILES string of the molecule is CC(C)(C)c1cc2c3c(c1)n1c4cc5ccccc5cc4nc1n3c1nc3cc4ccccc4cc3n21. The van der Waals surface area contributed by atoms with Gasteiger partial charge in [-0.1, -0.05) is 69.3 Å². The molecule has 5 heteroatoms. The van der Waals surface area contributed by atoms with Crippen LogP contribution in [0.25, 0.3) is 71.7 Å². The van der Waals surface area contributed by atoms with Gasteiger partial charge in [0.1, 0.15) is 5.52 Å². The van der Waals surface area contributed by atoms with E-state index in [1.165, 1.54) is 43.7 Å². The van der Waals surface area contributed by atoms with Crippen LogP contribution < -0.4 is 0 Å². The van der Waals surface area contributed by atoms with Gasteiger partial charge < -0.3 is 0 Å². The van der Waals surface area contributed by atoms with Crippen LogP contribution in [0.1, 0.15) is 26.3 Å². The van der Waals surface area contributed by atoms with Crippen LogP contribution in [0.2, 0.25) is 0 Å². The number of aromatic nitrogens is 5. The molecule has 0 saturated heterocycles. The number of rotatable bonds is 0. The summed E-state index contributed by atoms with van der Waals surface area (Å²) in [6, 6.07) is 30.7. The first-order valence-electron chi connectivity index (χ1n) is 12.8. The first kappa shape index (κ1) is 19.5. The Hall–Kier alpha value is -4.64. The van der Waals surface area contributed by atoms with E-state index in [0.29, 0.717) is 0 Å². The second-order valence-electron chi connectivity index (χ2n) is 11.3. The highest BCUT2D eigenvalue weighted by Gasteiger charge is 2.26. The Morgan fingerprint density at radius 1 is 0.514 bits per heavy atom. The molecule has 9 aromatic rings. The third kappa shape index (κ3) is 2.35. The predicted octanol–water partition coefficient (Wildman–Crippen LogP) is 7.74. The summed E-state index contributed by atoms with van der Waals surface area (Å²) in [6.45, 7) is 6.85. The van der Waals surface area contributed by atoms with Gasteiger partial charge in [0.15, 0.2) is 0 Å². The van der Waals surface area contributed by atoms with E-state index in [0.717, 1.165) is 33.6 Å². The molecular weight excluding hydrogens is 454 g/mol. The summed E-state index contributed by atoms with van der Waals surface area (Å²) in [5.41, 5.74) is 9.08. The summed E-state index contributed by atoms with van der Waals surface area (Å²) in [5, 5.41) is 4.86. The lowest BCUT2D eigenvalue weighted by molar-refractivity contribution is 0.591. The fraction of sp³-hybridized carbons (Fsp3) is 0.125. The smallest absolute Gasteiger partial charge is 0.223 e. The largest absolute Gasteiger partial charge is 0.276 e. The highest BCUT2D eigenvalue weighted by atomic mass is 15.3. The molecule has 0 fully saturated rings. The number of imidazole rings is 4. The lowest BCUT2D eigenvalue weighted by atomic mass is 9.86. The summed E-state index contributed by atoms with van der Waals surface area (Å²) >= 11 is 0. The van der Waals surface area contributed by atoms with E-state index < -0.39 is 0 Å². The molecule has 4 aromatic heterocycles. The molecule has 0 saturated carbocycles. The molecule has 176 valence electrons. The molecular formula is C32H23N5. The van der Waals surface area contributed by atoms with Crippen molar-refractivity contribution in [1.29, 1.82) is 0 Å². The van der Waals surface area contributed by atoms with Crippen molar-refractivity contribution in [3.63, 3.8) is 0 Å². The molecule has 4 heterocycles. The van der Waals surface area contributed by atoms with Crippen LogP contribution in [0.15, 0.2) is 84.9 Å². The van der Waals surface area contributed by atoms with Crippen molar-refractivity contribution in [3.8, 4) is 0 Å². The number of benzene rings is 5. The third-order valence-electron chi connectivity index (χ3n) is 8.05. The number of fused-ring (bicyclic) bond motifs is 12. The summed E-state index contributed by atoms with van der Waals surface area (Å²) in [4.78, 5) is 10.4. The van der Waals surface area contributed by atoms with Crippen molar-refractivity contribution in [1.82, 2.24) is 23.2 Å². The molecule has 0 aliphatic heterocycles. The van der Waals surface area contributed by atoms with Gasteiger partial charge in [-0.3, -0.25) is 8.80 Å². The van der Waals surface area contributed by atoms with Crippen LogP contribution in [-0.2, 0) is 5.41 Å². The minimum Gasteiger partial charge on any atom is -0.276 e. The molecule has 0 aliphatic carbocycles. The first-order chi connectivity index (χ1) is 18.0. The molecule has 0 aliphatic rings. The van der Waals surface area contributed by atoms with Crippen molar-refractivity contribution in [2.45, 2.75) is 26.2 Å². The molecule has 0 unspecified atom stereocenters. The van der Waals surface area contributed by atoms with Crippen LogP contribution in [0, 0.1) is 0 Å². The van der Waals surface area contributed by atoms with Crippen molar-refractivity contribution in [2.24, 2.45) is 0 Å². The molecule has 9 rings (SSSR count). The lowest BCUT2D eigenvalue weighted by Crippen LogP contribution is -2.11. The summed E-state index contributed by atoms with van der Waals surface area (Å²) < 4.78 is 6.91. The Balaban J connectivity index is 1.56. The Morgan fingerprint density at radius 3 is 1.38 bits per heavy atom. The lowest BCUT2D eigenvalue weighted by Gasteiger charge is -2.19. The molecule has 5 aromatic carbocycles. The zero-order valence-electron chi connectivity index (χ0n) is 20.8. The summed E-state index contributed by atoms with van der Waals surface area (Å²) in [5.74, 6) is 1.82. The van der Waals surface area contributed by atoms with Gasteiger partial charge in [0, 0.05) is 0 Å². The minimum absolute atomic E-state index is 0.00592. The third-order valence-corrected chi connectivity index (χ3v) is 8.05. The Labute approximate surface area is 211 Å². The maximum absolute atomic E-state index is 5.20. The van der Waals surface area contributed by atoms with Gasteiger partial charge in [0.05, 0.1) is 33.1 Å². The highest BCUT2D eigenvalue weighted by Crippen LogP contribution is 2.38. The van der Waals surface area contributed by atoms with E-state index in [9.17, 15) is 0 Å².